The van der Waals surface area contributed by atoms with Gasteiger partial charge in [-0.15, -0.1) is 0 Å². The molecule has 1 amide bonds. The van der Waals surface area contributed by atoms with Gasteiger partial charge in [0.05, 0.1) is 0 Å². The Hall–Kier alpha value is -2.36. The first kappa shape index (κ1) is 12.7. The summed E-state index contributed by atoms with van der Waals surface area (Å²) in [5.41, 5.74) is 2.69. The Bertz CT molecular complexity index is 625. The minimum Gasteiger partial charge on any atom is -0.383 e. The third kappa shape index (κ3) is 2.50. The van der Waals surface area contributed by atoms with Crippen LogP contribution in [0.15, 0.2) is 48.5 Å². The summed E-state index contributed by atoms with van der Waals surface area (Å²) < 4.78 is 12.9. The molecule has 2 aromatic carbocycles. The highest BCUT2D eigenvalue weighted by Crippen LogP contribution is 2.21. The molecule has 2 aromatic rings. The van der Waals surface area contributed by atoms with Gasteiger partial charge in [-0.2, -0.15) is 0 Å². The fraction of sp³-hybridized carbons (Fsp3) is 0.188. The van der Waals surface area contributed by atoms with E-state index in [1.54, 1.807) is 4.90 Å². The van der Waals surface area contributed by atoms with Crippen molar-refractivity contribution in [3.8, 4) is 0 Å². The molecule has 0 saturated carbocycles. The van der Waals surface area contributed by atoms with Crippen molar-refractivity contribution in [1.82, 2.24) is 4.90 Å². The fourth-order valence-electron chi connectivity index (χ4n) is 2.39. The molecule has 0 saturated heterocycles. The average Bonchev–Trinajstić information content (AvgIpc) is 2.69. The highest BCUT2D eigenvalue weighted by Gasteiger charge is 2.19. The maximum absolute atomic E-state index is 12.9. The van der Waals surface area contributed by atoms with Gasteiger partial charge in [-0.1, -0.05) is 18.2 Å². The van der Waals surface area contributed by atoms with Crippen LogP contribution < -0.4 is 5.32 Å². The van der Waals surface area contributed by atoms with Crippen LogP contribution in [0.25, 0.3) is 0 Å². The Morgan fingerprint density at radius 3 is 2.65 bits per heavy atom. The first-order valence-corrected chi connectivity index (χ1v) is 6.60. The third-order valence-corrected chi connectivity index (χ3v) is 3.45. The van der Waals surface area contributed by atoms with E-state index in [1.807, 2.05) is 24.3 Å². The molecule has 0 bridgehead atoms. The van der Waals surface area contributed by atoms with Crippen LogP contribution in [0.2, 0.25) is 0 Å². The van der Waals surface area contributed by atoms with Crippen molar-refractivity contribution in [2.24, 2.45) is 0 Å². The summed E-state index contributed by atoms with van der Waals surface area (Å²) in [7, 11) is 0. The zero-order chi connectivity index (χ0) is 13.9. The molecule has 0 radical (unpaired) electrons. The van der Waals surface area contributed by atoms with Crippen molar-refractivity contribution in [3.63, 3.8) is 0 Å². The first-order valence-electron chi connectivity index (χ1n) is 6.60. The Morgan fingerprint density at radius 1 is 1.10 bits per heavy atom. The molecule has 1 heterocycles. The highest BCUT2D eigenvalue weighted by molar-refractivity contribution is 5.94. The monoisotopic (exact) mass is 270 g/mol. The minimum atomic E-state index is -0.329. The van der Waals surface area contributed by atoms with Crippen molar-refractivity contribution in [2.45, 2.75) is 6.54 Å². The Kier molecular flexibility index (Phi) is 3.37. The maximum Gasteiger partial charge on any atom is 0.254 e. The van der Waals surface area contributed by atoms with Gasteiger partial charge in [-0.05, 0) is 35.9 Å². The number of nitrogens with one attached hydrogen (secondary N) is 1. The number of benzene rings is 2. The van der Waals surface area contributed by atoms with Crippen LogP contribution in [0.5, 0.6) is 0 Å². The second kappa shape index (κ2) is 5.33. The van der Waals surface area contributed by atoms with Gasteiger partial charge in [0.25, 0.3) is 5.91 Å². The van der Waals surface area contributed by atoms with Gasteiger partial charge >= 0.3 is 0 Å². The van der Waals surface area contributed by atoms with Crippen molar-refractivity contribution < 1.29 is 9.18 Å². The van der Waals surface area contributed by atoms with E-state index < -0.39 is 0 Å². The van der Waals surface area contributed by atoms with Gasteiger partial charge in [0.2, 0.25) is 0 Å². The Balaban J connectivity index is 1.84. The standard InChI is InChI=1S/C16H15FN2O/c17-14-7-5-12(6-8-14)16(20)19-10-9-18-15-4-2-1-3-13(15)11-19/h1-8,18H,9-11H2. The molecule has 1 aliphatic rings. The van der Waals surface area contributed by atoms with Gasteiger partial charge in [0.1, 0.15) is 5.82 Å². The molecule has 0 aromatic heterocycles. The number of amides is 1. The molecule has 0 spiro atoms. The normalized spacial score (nSPS) is 14.2. The van der Waals surface area contributed by atoms with E-state index in [2.05, 4.69) is 5.32 Å². The summed E-state index contributed by atoms with van der Waals surface area (Å²) in [6.07, 6.45) is 0. The first-order chi connectivity index (χ1) is 9.74. The summed E-state index contributed by atoms with van der Waals surface area (Å²) in [6.45, 7) is 1.91. The van der Waals surface area contributed by atoms with E-state index >= 15 is 0 Å². The minimum absolute atomic E-state index is 0.0662. The largest absolute Gasteiger partial charge is 0.383 e. The van der Waals surface area contributed by atoms with Crippen molar-refractivity contribution in [3.05, 3.63) is 65.5 Å². The molecule has 0 aliphatic carbocycles. The number of halogens is 1. The number of nitrogens with zero attached hydrogens (tertiary/aromatic N) is 1. The topological polar surface area (TPSA) is 32.3 Å². The zero-order valence-electron chi connectivity index (χ0n) is 11.0. The fourth-order valence-corrected chi connectivity index (χ4v) is 2.39. The van der Waals surface area contributed by atoms with Gasteiger partial charge < -0.3 is 10.2 Å². The zero-order valence-corrected chi connectivity index (χ0v) is 11.0. The third-order valence-electron chi connectivity index (χ3n) is 3.45. The number of anilines is 1. The molecule has 3 rings (SSSR count). The van der Waals surface area contributed by atoms with Crippen LogP contribution in [0.1, 0.15) is 15.9 Å². The molecule has 4 heteroatoms. The number of fused-ring (bicyclic) bond motifs is 1. The molecular weight excluding hydrogens is 255 g/mol. The van der Waals surface area contributed by atoms with Crippen LogP contribution in [0.4, 0.5) is 10.1 Å². The molecule has 0 fully saturated rings. The van der Waals surface area contributed by atoms with E-state index in [0.717, 1.165) is 11.3 Å². The lowest BCUT2D eigenvalue weighted by molar-refractivity contribution is 0.0753. The van der Waals surface area contributed by atoms with Crippen molar-refractivity contribution in [2.75, 3.05) is 18.4 Å². The number of para-hydroxylation sites is 1. The number of rotatable bonds is 1. The van der Waals surface area contributed by atoms with Crippen LogP contribution in [-0.2, 0) is 6.54 Å². The smallest absolute Gasteiger partial charge is 0.254 e. The maximum atomic E-state index is 12.9. The van der Waals surface area contributed by atoms with Crippen LogP contribution in [0, 0.1) is 5.82 Å². The van der Waals surface area contributed by atoms with Gasteiger partial charge in [-0.3, -0.25) is 4.79 Å². The quantitative estimate of drug-likeness (QED) is 0.864. The molecule has 1 aliphatic heterocycles. The lowest BCUT2D eigenvalue weighted by atomic mass is 10.1. The van der Waals surface area contributed by atoms with E-state index in [4.69, 9.17) is 0 Å². The highest BCUT2D eigenvalue weighted by atomic mass is 19.1. The lowest BCUT2D eigenvalue weighted by Gasteiger charge is -2.20. The lowest BCUT2D eigenvalue weighted by Crippen LogP contribution is -2.32. The SMILES string of the molecule is O=C(c1ccc(F)cc1)N1CCNc2ccccc2C1. The summed E-state index contributed by atoms with van der Waals surface area (Å²) in [5.74, 6) is -0.395. The van der Waals surface area contributed by atoms with E-state index in [9.17, 15) is 9.18 Å². The van der Waals surface area contributed by atoms with E-state index in [-0.39, 0.29) is 11.7 Å². The second-order valence-corrected chi connectivity index (χ2v) is 4.82. The molecule has 1 N–H and O–H groups in total. The summed E-state index contributed by atoms with van der Waals surface area (Å²) in [4.78, 5) is 14.2. The summed E-state index contributed by atoms with van der Waals surface area (Å²) in [6, 6.07) is 13.7. The summed E-state index contributed by atoms with van der Waals surface area (Å²) in [5, 5.41) is 3.32. The molecular formula is C16H15FN2O. The predicted octanol–water partition coefficient (Wildman–Crippen LogP) is 2.89. The predicted molar refractivity (Wildman–Crippen MR) is 76.1 cm³/mol. The molecule has 0 unspecified atom stereocenters. The number of carbonyl (C=O) groups excluding carboxylic acids is 1. The Morgan fingerprint density at radius 2 is 1.85 bits per heavy atom. The van der Waals surface area contributed by atoms with E-state index in [1.165, 1.54) is 24.3 Å². The van der Waals surface area contributed by atoms with Crippen LogP contribution in [0.3, 0.4) is 0 Å². The Labute approximate surface area is 117 Å². The molecule has 0 atom stereocenters. The van der Waals surface area contributed by atoms with Crippen LogP contribution in [-0.4, -0.2) is 23.9 Å². The van der Waals surface area contributed by atoms with Gasteiger partial charge in [-0.25, -0.2) is 4.39 Å². The molecule has 3 nitrogen and oxygen atoms in total. The van der Waals surface area contributed by atoms with E-state index in [0.29, 0.717) is 25.2 Å². The second-order valence-electron chi connectivity index (χ2n) is 4.82. The van der Waals surface area contributed by atoms with Crippen LogP contribution >= 0.6 is 0 Å². The molecule has 102 valence electrons. The van der Waals surface area contributed by atoms with Crippen molar-refractivity contribution in [1.29, 1.82) is 0 Å². The number of hydrogen-bond donors (Lipinski definition) is 1. The van der Waals surface area contributed by atoms with Gasteiger partial charge in [0.15, 0.2) is 0 Å². The van der Waals surface area contributed by atoms with Crippen molar-refractivity contribution >= 4 is 11.6 Å². The van der Waals surface area contributed by atoms with Gasteiger partial charge in [0, 0.05) is 30.9 Å². The molecule has 20 heavy (non-hydrogen) atoms. The average molecular weight is 270 g/mol. The summed E-state index contributed by atoms with van der Waals surface area (Å²) >= 11 is 0. The number of hydrogen-bond acceptors (Lipinski definition) is 2. The number of carbonyl (C=O) groups is 1.